The summed E-state index contributed by atoms with van der Waals surface area (Å²) in [5.74, 6) is 1.13. The number of carbonyl (C=O) groups excluding carboxylic acids is 1. The van der Waals surface area contributed by atoms with E-state index in [1.807, 2.05) is 14.1 Å². The number of aromatic nitrogens is 1. The van der Waals surface area contributed by atoms with Crippen molar-refractivity contribution in [2.45, 2.75) is 64.5 Å². The van der Waals surface area contributed by atoms with Crippen LogP contribution in [0.1, 0.15) is 57.2 Å². The summed E-state index contributed by atoms with van der Waals surface area (Å²) in [6.07, 6.45) is 3.99. The lowest BCUT2D eigenvalue weighted by atomic mass is 9.85. The standard InChI is InChI=1S/C19H33N5OS.HI/c1-19(2,3)15-12-26-16(23-15)11-21-18(20-4)22-14-9-7-8-13(10-14)17(25)24(5)6;/h12-14H,7-11H2,1-6H3,(H2,20,21,22);1H. The van der Waals surface area contributed by atoms with Crippen molar-refractivity contribution in [2.75, 3.05) is 21.1 Å². The maximum Gasteiger partial charge on any atom is 0.225 e. The van der Waals surface area contributed by atoms with Gasteiger partial charge in [-0.3, -0.25) is 9.79 Å². The summed E-state index contributed by atoms with van der Waals surface area (Å²) in [6.45, 7) is 7.18. The van der Waals surface area contributed by atoms with Crippen molar-refractivity contribution < 1.29 is 4.79 Å². The van der Waals surface area contributed by atoms with Gasteiger partial charge in [0.05, 0.1) is 12.2 Å². The number of hydrogen-bond donors (Lipinski definition) is 2. The summed E-state index contributed by atoms with van der Waals surface area (Å²) in [6, 6.07) is 0.283. The van der Waals surface area contributed by atoms with Gasteiger partial charge in [0, 0.05) is 43.9 Å². The van der Waals surface area contributed by atoms with Crippen LogP contribution in [0.25, 0.3) is 0 Å². The first-order valence-corrected chi connectivity index (χ1v) is 10.2. The molecule has 0 aromatic carbocycles. The summed E-state index contributed by atoms with van der Waals surface area (Å²) in [7, 11) is 5.45. The van der Waals surface area contributed by atoms with Crippen LogP contribution >= 0.6 is 35.3 Å². The van der Waals surface area contributed by atoms with E-state index in [1.165, 1.54) is 0 Å². The second-order valence-corrected chi connectivity index (χ2v) is 9.18. The second-order valence-electron chi connectivity index (χ2n) is 8.24. The van der Waals surface area contributed by atoms with Crippen molar-refractivity contribution in [1.82, 2.24) is 20.5 Å². The largest absolute Gasteiger partial charge is 0.354 e. The van der Waals surface area contributed by atoms with E-state index in [4.69, 9.17) is 4.98 Å². The molecule has 1 saturated carbocycles. The molecule has 2 N–H and O–H groups in total. The molecule has 27 heavy (non-hydrogen) atoms. The Kier molecular flexibility index (Phi) is 9.47. The summed E-state index contributed by atoms with van der Waals surface area (Å²) in [4.78, 5) is 23.0. The number of nitrogens with one attached hydrogen (secondary N) is 2. The summed E-state index contributed by atoms with van der Waals surface area (Å²) < 4.78 is 0. The van der Waals surface area contributed by atoms with Gasteiger partial charge < -0.3 is 15.5 Å². The minimum Gasteiger partial charge on any atom is -0.354 e. The van der Waals surface area contributed by atoms with Crippen LogP contribution < -0.4 is 10.6 Å². The third-order valence-electron chi connectivity index (χ3n) is 4.76. The minimum atomic E-state index is 0. The molecular formula is C19H34IN5OS. The van der Waals surface area contributed by atoms with Crippen molar-refractivity contribution in [3.8, 4) is 0 Å². The van der Waals surface area contributed by atoms with E-state index in [0.717, 1.165) is 42.3 Å². The van der Waals surface area contributed by atoms with Crippen LogP contribution in [0.5, 0.6) is 0 Å². The van der Waals surface area contributed by atoms with Crippen molar-refractivity contribution >= 4 is 47.2 Å². The number of amides is 1. The lowest BCUT2D eigenvalue weighted by Gasteiger charge is -2.31. The maximum atomic E-state index is 12.2. The van der Waals surface area contributed by atoms with Gasteiger partial charge in [0.25, 0.3) is 0 Å². The maximum absolute atomic E-state index is 12.2. The van der Waals surface area contributed by atoms with E-state index < -0.39 is 0 Å². The monoisotopic (exact) mass is 507 g/mol. The third-order valence-corrected chi connectivity index (χ3v) is 5.60. The van der Waals surface area contributed by atoms with E-state index in [0.29, 0.717) is 6.54 Å². The molecule has 8 heteroatoms. The molecule has 0 radical (unpaired) electrons. The summed E-state index contributed by atoms with van der Waals surface area (Å²) in [5, 5.41) is 10.0. The van der Waals surface area contributed by atoms with Crippen molar-refractivity contribution in [3.05, 3.63) is 16.1 Å². The number of thiazole rings is 1. The molecule has 1 heterocycles. The van der Waals surface area contributed by atoms with Crippen molar-refractivity contribution in [2.24, 2.45) is 10.9 Å². The smallest absolute Gasteiger partial charge is 0.225 e. The zero-order chi connectivity index (χ0) is 19.3. The highest BCUT2D eigenvalue weighted by atomic mass is 127. The van der Waals surface area contributed by atoms with Gasteiger partial charge >= 0.3 is 0 Å². The predicted octanol–water partition coefficient (Wildman–Crippen LogP) is 3.37. The van der Waals surface area contributed by atoms with Crippen LogP contribution in [0.15, 0.2) is 10.4 Å². The zero-order valence-corrected chi connectivity index (χ0v) is 20.5. The number of nitrogens with zero attached hydrogens (tertiary/aromatic N) is 3. The zero-order valence-electron chi connectivity index (χ0n) is 17.3. The Bertz CT molecular complexity index is 638. The van der Waals surface area contributed by atoms with Crippen LogP contribution in [0.3, 0.4) is 0 Å². The van der Waals surface area contributed by atoms with Gasteiger partial charge in [0.2, 0.25) is 5.91 Å². The first-order chi connectivity index (χ1) is 12.2. The Hall–Kier alpha value is -0.900. The highest BCUT2D eigenvalue weighted by Gasteiger charge is 2.28. The topological polar surface area (TPSA) is 69.6 Å². The number of guanidine groups is 1. The first kappa shape index (κ1) is 24.1. The van der Waals surface area contributed by atoms with E-state index in [1.54, 1.807) is 23.3 Å². The molecule has 1 fully saturated rings. The number of rotatable bonds is 4. The fourth-order valence-corrected chi connectivity index (χ4v) is 4.15. The predicted molar refractivity (Wildman–Crippen MR) is 124 cm³/mol. The molecule has 0 saturated heterocycles. The summed E-state index contributed by atoms with van der Waals surface area (Å²) >= 11 is 1.68. The third kappa shape index (κ3) is 7.21. The molecule has 1 aliphatic carbocycles. The molecule has 1 aromatic rings. The Morgan fingerprint density at radius 1 is 1.37 bits per heavy atom. The van der Waals surface area contributed by atoms with Crippen LogP contribution in [0.4, 0.5) is 0 Å². The molecule has 1 amide bonds. The van der Waals surface area contributed by atoms with Crippen LogP contribution in [0.2, 0.25) is 0 Å². The fraction of sp³-hybridized carbons (Fsp3) is 0.737. The van der Waals surface area contributed by atoms with Gasteiger partial charge in [-0.1, -0.05) is 27.2 Å². The van der Waals surface area contributed by atoms with Gasteiger partial charge in [0.15, 0.2) is 5.96 Å². The molecular weight excluding hydrogens is 473 g/mol. The highest BCUT2D eigenvalue weighted by molar-refractivity contribution is 14.0. The van der Waals surface area contributed by atoms with E-state index in [9.17, 15) is 4.79 Å². The lowest BCUT2D eigenvalue weighted by molar-refractivity contribution is -0.134. The number of aliphatic imine (C=N–C) groups is 1. The van der Waals surface area contributed by atoms with Crippen LogP contribution in [-0.4, -0.2) is 48.9 Å². The number of carbonyl (C=O) groups is 1. The molecule has 0 spiro atoms. The van der Waals surface area contributed by atoms with Gasteiger partial charge in [0.1, 0.15) is 5.01 Å². The molecule has 2 atom stereocenters. The molecule has 6 nitrogen and oxygen atoms in total. The molecule has 2 unspecified atom stereocenters. The Morgan fingerprint density at radius 2 is 2.07 bits per heavy atom. The van der Waals surface area contributed by atoms with Crippen molar-refractivity contribution in [3.63, 3.8) is 0 Å². The Labute approximate surface area is 184 Å². The molecule has 2 rings (SSSR count). The fourth-order valence-electron chi connectivity index (χ4n) is 3.19. The SMILES string of the molecule is CN=C(NCc1nc(C(C)(C)C)cs1)NC1CCCC(C(=O)N(C)C)C1.I. The second kappa shape index (κ2) is 10.6. The molecule has 0 aliphatic heterocycles. The van der Waals surface area contributed by atoms with Crippen LogP contribution in [-0.2, 0) is 16.8 Å². The quantitative estimate of drug-likeness (QED) is 0.373. The van der Waals surface area contributed by atoms with Gasteiger partial charge in [-0.2, -0.15) is 0 Å². The Morgan fingerprint density at radius 3 is 2.63 bits per heavy atom. The minimum absolute atomic E-state index is 0. The van der Waals surface area contributed by atoms with Gasteiger partial charge in [-0.25, -0.2) is 4.98 Å². The van der Waals surface area contributed by atoms with Gasteiger partial charge in [-0.05, 0) is 19.3 Å². The number of hydrogen-bond acceptors (Lipinski definition) is 4. The average Bonchev–Trinajstić information content (AvgIpc) is 3.07. The van der Waals surface area contributed by atoms with Crippen LogP contribution in [0, 0.1) is 5.92 Å². The molecule has 1 aliphatic rings. The molecule has 0 bridgehead atoms. The van der Waals surface area contributed by atoms with Crippen molar-refractivity contribution in [1.29, 1.82) is 0 Å². The number of halogens is 1. The van der Waals surface area contributed by atoms with E-state index >= 15 is 0 Å². The van der Waals surface area contributed by atoms with E-state index in [-0.39, 0.29) is 47.3 Å². The lowest BCUT2D eigenvalue weighted by Crippen LogP contribution is -2.46. The summed E-state index contributed by atoms with van der Waals surface area (Å²) in [5.41, 5.74) is 1.20. The molecule has 154 valence electrons. The Balaban J connectivity index is 0.00000364. The molecule has 1 aromatic heterocycles. The van der Waals surface area contributed by atoms with E-state index in [2.05, 4.69) is 41.8 Å². The average molecular weight is 507 g/mol. The normalized spacial score (nSPS) is 20.6. The first-order valence-electron chi connectivity index (χ1n) is 9.34. The highest BCUT2D eigenvalue weighted by Crippen LogP contribution is 2.26. The van der Waals surface area contributed by atoms with Gasteiger partial charge in [-0.15, -0.1) is 35.3 Å².